The standard InChI is InChI=1S/C16H24N2O2S/c1-4-18(12-7-11-17(2)3)16(20)15-10-9-14(21-15)8-5-6-13-19/h9-10,19H,4,6-7,11-13H2,1-3H3. The zero-order valence-electron chi connectivity index (χ0n) is 13.1. The van der Waals surface area contributed by atoms with Crippen molar-refractivity contribution in [3.8, 4) is 11.8 Å². The van der Waals surface area contributed by atoms with E-state index < -0.39 is 0 Å². The molecular weight excluding hydrogens is 284 g/mol. The van der Waals surface area contributed by atoms with E-state index in [0.29, 0.717) is 6.42 Å². The maximum atomic E-state index is 12.4. The van der Waals surface area contributed by atoms with Gasteiger partial charge in [-0.05, 0) is 46.1 Å². The smallest absolute Gasteiger partial charge is 0.263 e. The Morgan fingerprint density at radius 1 is 1.33 bits per heavy atom. The van der Waals surface area contributed by atoms with Crippen LogP contribution < -0.4 is 0 Å². The minimum atomic E-state index is 0.0691. The Bertz CT molecular complexity index is 500. The maximum Gasteiger partial charge on any atom is 0.263 e. The van der Waals surface area contributed by atoms with Gasteiger partial charge in [0.25, 0.3) is 5.91 Å². The van der Waals surface area contributed by atoms with E-state index in [1.54, 1.807) is 0 Å². The molecule has 1 amide bonds. The highest BCUT2D eigenvalue weighted by molar-refractivity contribution is 7.14. The summed E-state index contributed by atoms with van der Waals surface area (Å²) in [6.07, 6.45) is 1.44. The molecule has 0 aliphatic heterocycles. The summed E-state index contributed by atoms with van der Waals surface area (Å²) in [4.78, 5) is 18.0. The predicted molar refractivity (Wildman–Crippen MR) is 87.6 cm³/mol. The van der Waals surface area contributed by atoms with E-state index in [2.05, 4.69) is 16.7 Å². The van der Waals surface area contributed by atoms with Gasteiger partial charge in [-0.1, -0.05) is 11.8 Å². The predicted octanol–water partition coefficient (Wildman–Crippen LogP) is 1.90. The fraction of sp³-hybridized carbons (Fsp3) is 0.562. The fourth-order valence-electron chi connectivity index (χ4n) is 1.86. The lowest BCUT2D eigenvalue weighted by Crippen LogP contribution is -2.32. The van der Waals surface area contributed by atoms with Crippen molar-refractivity contribution in [2.45, 2.75) is 19.8 Å². The number of amides is 1. The minimum Gasteiger partial charge on any atom is -0.395 e. The number of aliphatic hydroxyl groups excluding tert-OH is 1. The van der Waals surface area contributed by atoms with Crippen LogP contribution in [0, 0.1) is 11.8 Å². The van der Waals surface area contributed by atoms with Crippen molar-refractivity contribution < 1.29 is 9.90 Å². The Kier molecular flexibility index (Phi) is 8.06. The highest BCUT2D eigenvalue weighted by Gasteiger charge is 2.15. The topological polar surface area (TPSA) is 43.8 Å². The molecule has 21 heavy (non-hydrogen) atoms. The first-order valence-corrected chi connectivity index (χ1v) is 8.03. The van der Waals surface area contributed by atoms with E-state index in [1.165, 1.54) is 11.3 Å². The lowest BCUT2D eigenvalue weighted by Gasteiger charge is -2.21. The molecule has 0 saturated heterocycles. The molecule has 0 atom stereocenters. The number of hydrogen-bond acceptors (Lipinski definition) is 4. The molecule has 0 fully saturated rings. The molecule has 4 nitrogen and oxygen atoms in total. The Hall–Kier alpha value is -1.35. The number of aliphatic hydroxyl groups is 1. The minimum absolute atomic E-state index is 0.0691. The van der Waals surface area contributed by atoms with Crippen molar-refractivity contribution in [1.82, 2.24) is 9.80 Å². The van der Waals surface area contributed by atoms with Crippen LogP contribution in [0.4, 0.5) is 0 Å². The first kappa shape index (κ1) is 17.7. The second kappa shape index (κ2) is 9.56. The Balaban J connectivity index is 2.62. The quantitative estimate of drug-likeness (QED) is 0.782. The third-order valence-electron chi connectivity index (χ3n) is 2.97. The highest BCUT2D eigenvalue weighted by atomic mass is 32.1. The van der Waals surface area contributed by atoms with Crippen molar-refractivity contribution in [3.05, 3.63) is 21.9 Å². The van der Waals surface area contributed by atoms with Gasteiger partial charge in [0, 0.05) is 19.5 Å². The molecule has 0 bridgehead atoms. The lowest BCUT2D eigenvalue weighted by molar-refractivity contribution is 0.0764. The molecule has 116 valence electrons. The Labute approximate surface area is 131 Å². The summed E-state index contributed by atoms with van der Waals surface area (Å²) < 4.78 is 0. The molecule has 1 N–H and O–H groups in total. The lowest BCUT2D eigenvalue weighted by atomic mass is 10.3. The van der Waals surface area contributed by atoms with Gasteiger partial charge in [0.1, 0.15) is 0 Å². The van der Waals surface area contributed by atoms with Crippen LogP contribution in [-0.2, 0) is 0 Å². The van der Waals surface area contributed by atoms with Gasteiger partial charge in [-0.25, -0.2) is 0 Å². The number of nitrogens with zero attached hydrogens (tertiary/aromatic N) is 2. The summed E-state index contributed by atoms with van der Waals surface area (Å²) in [6.45, 7) is 4.54. The molecule has 0 spiro atoms. The average molecular weight is 308 g/mol. The molecule has 0 aromatic carbocycles. The van der Waals surface area contributed by atoms with Crippen molar-refractivity contribution in [2.24, 2.45) is 0 Å². The van der Waals surface area contributed by atoms with Crippen molar-refractivity contribution in [1.29, 1.82) is 0 Å². The highest BCUT2D eigenvalue weighted by Crippen LogP contribution is 2.17. The van der Waals surface area contributed by atoms with Crippen LogP contribution in [0.3, 0.4) is 0 Å². The van der Waals surface area contributed by atoms with Crippen LogP contribution in [0.1, 0.15) is 34.3 Å². The summed E-state index contributed by atoms with van der Waals surface area (Å²) in [5, 5.41) is 8.70. The van der Waals surface area contributed by atoms with Crippen molar-refractivity contribution in [3.63, 3.8) is 0 Å². The largest absolute Gasteiger partial charge is 0.395 e. The first-order chi connectivity index (χ1) is 10.1. The Morgan fingerprint density at radius 2 is 2.10 bits per heavy atom. The molecule has 1 rings (SSSR count). The summed E-state index contributed by atoms with van der Waals surface area (Å²) in [6, 6.07) is 3.71. The SMILES string of the molecule is CCN(CCCN(C)C)C(=O)c1ccc(C#CCCO)s1. The molecule has 1 aromatic heterocycles. The number of carbonyl (C=O) groups is 1. The number of thiophene rings is 1. The van der Waals surface area contributed by atoms with Crippen molar-refractivity contribution in [2.75, 3.05) is 40.3 Å². The zero-order valence-corrected chi connectivity index (χ0v) is 13.9. The molecule has 0 aliphatic carbocycles. The van der Waals surface area contributed by atoms with Gasteiger partial charge in [-0.15, -0.1) is 11.3 Å². The molecule has 0 saturated carbocycles. The molecule has 1 aromatic rings. The molecule has 0 aliphatic rings. The van der Waals surface area contributed by atoms with E-state index in [1.807, 2.05) is 38.1 Å². The summed E-state index contributed by atoms with van der Waals surface area (Å²) in [5.41, 5.74) is 0. The van der Waals surface area contributed by atoms with Gasteiger partial charge in [0.05, 0.1) is 16.4 Å². The van der Waals surface area contributed by atoms with Crippen LogP contribution in [0.15, 0.2) is 12.1 Å². The number of carbonyl (C=O) groups excluding carboxylic acids is 1. The Morgan fingerprint density at radius 3 is 2.71 bits per heavy atom. The van der Waals surface area contributed by atoms with E-state index >= 15 is 0 Å². The van der Waals surface area contributed by atoms with Gasteiger partial charge < -0.3 is 14.9 Å². The average Bonchev–Trinajstić information content (AvgIpc) is 2.92. The van der Waals surface area contributed by atoms with E-state index in [4.69, 9.17) is 5.11 Å². The van der Waals surface area contributed by atoms with Gasteiger partial charge in [0.15, 0.2) is 0 Å². The van der Waals surface area contributed by atoms with E-state index in [9.17, 15) is 4.79 Å². The molecule has 0 radical (unpaired) electrons. The second-order valence-corrected chi connectivity index (χ2v) is 6.06. The van der Waals surface area contributed by atoms with Gasteiger partial charge in [-0.3, -0.25) is 4.79 Å². The van der Waals surface area contributed by atoms with Crippen LogP contribution >= 0.6 is 11.3 Å². The summed E-state index contributed by atoms with van der Waals surface area (Å²) >= 11 is 1.42. The van der Waals surface area contributed by atoms with Gasteiger partial charge >= 0.3 is 0 Å². The van der Waals surface area contributed by atoms with Crippen LogP contribution in [0.25, 0.3) is 0 Å². The van der Waals surface area contributed by atoms with Crippen LogP contribution in [-0.4, -0.2) is 61.2 Å². The normalized spacial score (nSPS) is 10.3. The molecule has 1 heterocycles. The zero-order chi connectivity index (χ0) is 15.7. The third kappa shape index (κ3) is 6.30. The second-order valence-electron chi connectivity index (χ2n) is 4.98. The summed E-state index contributed by atoms with van der Waals surface area (Å²) in [7, 11) is 4.07. The first-order valence-electron chi connectivity index (χ1n) is 7.22. The van der Waals surface area contributed by atoms with Crippen LogP contribution in [0.2, 0.25) is 0 Å². The monoisotopic (exact) mass is 308 g/mol. The maximum absolute atomic E-state index is 12.4. The summed E-state index contributed by atoms with van der Waals surface area (Å²) in [5.74, 6) is 5.92. The van der Waals surface area contributed by atoms with Crippen molar-refractivity contribution >= 4 is 17.2 Å². The van der Waals surface area contributed by atoms with E-state index in [0.717, 1.165) is 35.8 Å². The van der Waals surface area contributed by atoms with Gasteiger partial charge in [0.2, 0.25) is 0 Å². The molecular formula is C16H24N2O2S. The molecule has 5 heteroatoms. The number of rotatable bonds is 7. The third-order valence-corrected chi connectivity index (χ3v) is 3.96. The number of hydrogen-bond donors (Lipinski definition) is 1. The molecule has 0 unspecified atom stereocenters. The fourth-order valence-corrected chi connectivity index (χ4v) is 2.71. The van der Waals surface area contributed by atoms with Gasteiger partial charge in [-0.2, -0.15) is 0 Å². The van der Waals surface area contributed by atoms with Crippen LogP contribution in [0.5, 0.6) is 0 Å². The van der Waals surface area contributed by atoms with E-state index in [-0.39, 0.29) is 12.5 Å².